The van der Waals surface area contributed by atoms with E-state index in [0.717, 1.165) is 23.0 Å². The molecule has 0 amide bonds. The van der Waals surface area contributed by atoms with Crippen LogP contribution < -0.4 is 4.52 Å². The highest BCUT2D eigenvalue weighted by Crippen LogP contribution is 2.53. The van der Waals surface area contributed by atoms with Crippen LogP contribution in [0.4, 0.5) is 0 Å². The van der Waals surface area contributed by atoms with E-state index in [0.29, 0.717) is 6.42 Å². The quantitative estimate of drug-likeness (QED) is 0.219. The molecule has 2 aromatic rings. The Kier molecular flexibility index (Phi) is 9.99. The van der Waals surface area contributed by atoms with Gasteiger partial charge in [0, 0.05) is 23.6 Å². The molecule has 0 aliphatic heterocycles. The Balaban J connectivity index is 2.39. The molecule has 1 heterocycles. The number of esters is 2. The van der Waals surface area contributed by atoms with Crippen molar-refractivity contribution in [2.24, 2.45) is 10.8 Å². The number of hydrogen-bond acceptors (Lipinski definition) is 9. The summed E-state index contributed by atoms with van der Waals surface area (Å²) in [7, 11) is -0.537. The zero-order valence-corrected chi connectivity index (χ0v) is 24.4. The molecule has 2 unspecified atom stereocenters. The van der Waals surface area contributed by atoms with Gasteiger partial charge in [0.2, 0.25) is 12.6 Å². The lowest BCUT2D eigenvalue weighted by molar-refractivity contribution is -0.178. The van der Waals surface area contributed by atoms with E-state index in [1.165, 1.54) is 13.8 Å². The summed E-state index contributed by atoms with van der Waals surface area (Å²) in [6.45, 7) is 13.7. The number of ether oxygens (including phenoxy) is 2. The predicted molar refractivity (Wildman–Crippen MR) is 141 cm³/mol. The fourth-order valence-corrected chi connectivity index (χ4v) is 4.43. The average molecular weight is 541 g/mol. The van der Waals surface area contributed by atoms with Crippen molar-refractivity contribution < 1.29 is 37.2 Å². The molecular formula is C26H41N2O8P. The van der Waals surface area contributed by atoms with Crippen LogP contribution >= 0.6 is 7.82 Å². The molecule has 2 rings (SSSR count). The van der Waals surface area contributed by atoms with Gasteiger partial charge in [-0.1, -0.05) is 6.07 Å². The smallest absolute Gasteiger partial charge is 0.435 e. The van der Waals surface area contributed by atoms with Crippen molar-refractivity contribution in [1.29, 1.82) is 0 Å². The Hall–Kier alpha value is -2.39. The van der Waals surface area contributed by atoms with Gasteiger partial charge in [-0.05, 0) is 93.6 Å². The molecule has 37 heavy (non-hydrogen) atoms. The van der Waals surface area contributed by atoms with E-state index in [2.05, 4.69) is 9.88 Å². The van der Waals surface area contributed by atoms with E-state index < -0.39 is 43.2 Å². The van der Waals surface area contributed by atoms with Crippen LogP contribution in [-0.4, -0.2) is 55.0 Å². The van der Waals surface area contributed by atoms with Gasteiger partial charge in [0.05, 0.1) is 10.8 Å². The summed E-state index contributed by atoms with van der Waals surface area (Å²) in [5.74, 6) is -0.866. The summed E-state index contributed by atoms with van der Waals surface area (Å²) in [5, 5.41) is 0.718. The lowest BCUT2D eigenvalue weighted by atomic mass is 9.97. The van der Waals surface area contributed by atoms with Crippen molar-refractivity contribution in [3.63, 3.8) is 0 Å². The number of hydrogen-bond donors (Lipinski definition) is 1. The van der Waals surface area contributed by atoms with Crippen LogP contribution in [-0.2, 0) is 39.1 Å². The van der Waals surface area contributed by atoms with Gasteiger partial charge in [-0.3, -0.25) is 9.59 Å². The molecule has 0 bridgehead atoms. The van der Waals surface area contributed by atoms with Gasteiger partial charge in [0.25, 0.3) is 0 Å². The van der Waals surface area contributed by atoms with Crippen LogP contribution in [0.2, 0.25) is 0 Å². The molecule has 208 valence electrons. The Labute approximate surface area is 219 Å². The zero-order valence-electron chi connectivity index (χ0n) is 23.5. The maximum Gasteiger partial charge on any atom is 0.536 e. The molecule has 1 aromatic carbocycles. The highest BCUT2D eigenvalue weighted by molar-refractivity contribution is 7.49. The number of phosphoric ester groups is 1. The second-order valence-electron chi connectivity index (χ2n) is 11.2. The molecule has 0 aliphatic carbocycles. The minimum atomic E-state index is -4.49. The molecule has 1 aromatic heterocycles. The van der Waals surface area contributed by atoms with Gasteiger partial charge < -0.3 is 23.9 Å². The highest BCUT2D eigenvalue weighted by atomic mass is 31.2. The monoisotopic (exact) mass is 540 g/mol. The minimum Gasteiger partial charge on any atom is -0.435 e. The number of nitrogens with one attached hydrogen (secondary N) is 1. The number of likely N-dealkylation sites (N-methyl/N-ethyl adjacent to an activating group) is 1. The van der Waals surface area contributed by atoms with Crippen molar-refractivity contribution in [3.05, 3.63) is 30.0 Å². The normalized spacial score (nSPS) is 15.8. The lowest BCUT2D eigenvalue weighted by Gasteiger charge is -2.27. The number of nitrogens with zero attached hydrogens (tertiary/aromatic N) is 1. The topological polar surface area (TPSA) is 116 Å². The van der Waals surface area contributed by atoms with Crippen molar-refractivity contribution in [2.75, 3.05) is 20.6 Å². The third kappa shape index (κ3) is 9.14. The van der Waals surface area contributed by atoms with Crippen LogP contribution in [0.5, 0.6) is 5.75 Å². The summed E-state index contributed by atoms with van der Waals surface area (Å²) in [5.41, 5.74) is 0.107. The van der Waals surface area contributed by atoms with Crippen LogP contribution in [0.3, 0.4) is 0 Å². The molecule has 2 atom stereocenters. The number of aromatic amines is 1. The molecule has 10 nitrogen and oxygen atoms in total. The minimum absolute atomic E-state index is 0.250. The van der Waals surface area contributed by atoms with E-state index in [4.69, 9.17) is 23.0 Å². The number of phosphoric acid groups is 1. The van der Waals surface area contributed by atoms with Gasteiger partial charge in [-0.2, -0.15) is 0 Å². The Morgan fingerprint density at radius 3 is 1.92 bits per heavy atom. The van der Waals surface area contributed by atoms with E-state index >= 15 is 0 Å². The van der Waals surface area contributed by atoms with Crippen LogP contribution in [0.25, 0.3) is 10.9 Å². The molecular weight excluding hydrogens is 499 g/mol. The van der Waals surface area contributed by atoms with Gasteiger partial charge >= 0.3 is 19.8 Å². The van der Waals surface area contributed by atoms with E-state index in [1.54, 1.807) is 53.7 Å². The zero-order chi connectivity index (χ0) is 28.2. The Morgan fingerprint density at radius 2 is 1.46 bits per heavy atom. The third-order valence-electron chi connectivity index (χ3n) is 5.11. The second kappa shape index (κ2) is 12.0. The van der Waals surface area contributed by atoms with Gasteiger partial charge in [0.15, 0.2) is 0 Å². The van der Waals surface area contributed by atoms with Gasteiger partial charge in [-0.25, -0.2) is 13.6 Å². The number of fused-ring (bicyclic) bond motifs is 1. The summed E-state index contributed by atoms with van der Waals surface area (Å²) in [6, 6.07) is 5.25. The van der Waals surface area contributed by atoms with Gasteiger partial charge in [-0.15, -0.1) is 0 Å². The Morgan fingerprint density at radius 1 is 0.946 bits per heavy atom. The largest absolute Gasteiger partial charge is 0.536 e. The Bertz CT molecular complexity index is 1090. The first-order chi connectivity index (χ1) is 16.9. The van der Waals surface area contributed by atoms with Crippen molar-refractivity contribution in [3.8, 4) is 5.75 Å². The first kappa shape index (κ1) is 30.8. The van der Waals surface area contributed by atoms with E-state index in [-0.39, 0.29) is 5.75 Å². The molecule has 0 aliphatic rings. The summed E-state index contributed by atoms with van der Waals surface area (Å²) in [4.78, 5) is 30.0. The molecule has 0 spiro atoms. The lowest BCUT2D eigenvalue weighted by Crippen LogP contribution is -2.30. The summed E-state index contributed by atoms with van der Waals surface area (Å²) in [6.07, 6.45) is 0.0247. The molecule has 0 radical (unpaired) electrons. The number of aromatic nitrogens is 1. The van der Waals surface area contributed by atoms with Crippen molar-refractivity contribution in [1.82, 2.24) is 9.88 Å². The molecule has 0 fully saturated rings. The average Bonchev–Trinajstić information content (AvgIpc) is 3.14. The summed E-state index contributed by atoms with van der Waals surface area (Å²) < 4.78 is 41.6. The number of benzene rings is 1. The number of carbonyl (C=O) groups is 2. The second-order valence-corrected chi connectivity index (χ2v) is 12.7. The van der Waals surface area contributed by atoms with Gasteiger partial charge in [0.1, 0.15) is 5.75 Å². The fourth-order valence-electron chi connectivity index (χ4n) is 3.09. The maximum absolute atomic E-state index is 13.9. The number of H-pyrrole nitrogens is 1. The molecule has 0 saturated heterocycles. The van der Waals surface area contributed by atoms with Crippen molar-refractivity contribution >= 4 is 30.7 Å². The van der Waals surface area contributed by atoms with Crippen LogP contribution in [0, 0.1) is 10.8 Å². The number of carbonyl (C=O) groups excluding carboxylic acids is 2. The first-order valence-electron chi connectivity index (χ1n) is 12.2. The first-order valence-corrected chi connectivity index (χ1v) is 13.7. The molecule has 0 saturated carbocycles. The van der Waals surface area contributed by atoms with Crippen molar-refractivity contribution in [2.45, 2.75) is 74.4 Å². The predicted octanol–water partition coefficient (Wildman–Crippen LogP) is 5.66. The summed E-state index contributed by atoms with van der Waals surface area (Å²) >= 11 is 0. The van der Waals surface area contributed by atoms with E-state index in [9.17, 15) is 14.2 Å². The van der Waals surface area contributed by atoms with Crippen LogP contribution in [0.1, 0.15) is 61.0 Å². The molecule has 1 N–H and O–H groups in total. The standard InChI is InChI=1S/C26H41N2O8P/c1-17(32-23(29)25(3,4)5)34-37(31,35-18(2)33-24(30)26(6,7)8)36-21-13-11-12-20-22(21)19(16-27-20)14-15-28(9)10/h11-13,16-18,27H,14-15H2,1-10H3. The third-order valence-corrected chi connectivity index (χ3v) is 6.64. The number of rotatable bonds is 11. The maximum atomic E-state index is 13.9. The molecule has 11 heteroatoms. The van der Waals surface area contributed by atoms with E-state index in [1.807, 2.05) is 26.4 Å². The highest BCUT2D eigenvalue weighted by Gasteiger charge is 2.38. The fraction of sp³-hybridized carbons (Fsp3) is 0.615. The SMILES string of the molecule is CC(OC(=O)C(C)(C)C)OP(=O)(Oc1cccc2[nH]cc(CCN(C)C)c12)OC(C)OC(=O)C(C)(C)C. The van der Waals surface area contributed by atoms with Crippen LogP contribution in [0.15, 0.2) is 24.4 Å².